The van der Waals surface area contributed by atoms with E-state index >= 15 is 0 Å². The number of ether oxygens (including phenoxy) is 1. The molecule has 0 saturated heterocycles. The maximum Gasteiger partial charge on any atom is 0.416 e. The molecule has 214 valence electrons. The molecule has 2 aromatic rings. The van der Waals surface area contributed by atoms with Gasteiger partial charge in [-0.3, -0.25) is 9.52 Å². The second-order valence-electron chi connectivity index (χ2n) is 9.59. The van der Waals surface area contributed by atoms with E-state index in [0.29, 0.717) is 0 Å². The Balaban J connectivity index is 1.84. The number of aliphatic hydroxyl groups is 1. The molecule has 0 saturated carbocycles. The first-order valence-corrected chi connectivity index (χ1v) is 13.9. The molecule has 3 rings (SSSR count). The number of aliphatic hydroxyl groups excluding tert-OH is 1. The van der Waals surface area contributed by atoms with E-state index in [1.54, 1.807) is 6.92 Å². The van der Waals surface area contributed by atoms with Gasteiger partial charge in [-0.15, -0.1) is 0 Å². The lowest BCUT2D eigenvalue weighted by Gasteiger charge is -2.38. The van der Waals surface area contributed by atoms with Crippen LogP contribution in [0.15, 0.2) is 42.5 Å². The molecule has 0 fully saturated rings. The second kappa shape index (κ2) is 11.7. The number of fused-ring (bicyclic) bond motifs is 1. The molecule has 0 bridgehead atoms. The summed E-state index contributed by atoms with van der Waals surface area (Å²) in [6.45, 7) is 3.40. The SMILES string of the molecule is C[C@H]1CN([C@@H](C)CO)C(=O)c2cc(NS(C)(=O)=O)ccc2O[C@H]1CN(C)C(=O)Nc1ccc(C(F)(F)F)cc1. The third kappa shape index (κ3) is 7.76. The predicted octanol–water partition coefficient (Wildman–Crippen LogP) is 3.46. The highest BCUT2D eigenvalue weighted by molar-refractivity contribution is 7.92. The summed E-state index contributed by atoms with van der Waals surface area (Å²) in [4.78, 5) is 29.0. The summed E-state index contributed by atoms with van der Waals surface area (Å²) in [5.41, 5.74) is -0.424. The summed E-state index contributed by atoms with van der Waals surface area (Å²) in [5, 5.41) is 12.3. The summed E-state index contributed by atoms with van der Waals surface area (Å²) < 4.78 is 70.3. The van der Waals surface area contributed by atoms with Gasteiger partial charge in [-0.2, -0.15) is 13.2 Å². The van der Waals surface area contributed by atoms with Gasteiger partial charge in [0.05, 0.1) is 36.6 Å². The third-order valence-corrected chi connectivity index (χ3v) is 6.84. The fourth-order valence-electron chi connectivity index (χ4n) is 4.03. The van der Waals surface area contributed by atoms with Crippen LogP contribution < -0.4 is 14.8 Å². The zero-order valence-corrected chi connectivity index (χ0v) is 22.6. The largest absolute Gasteiger partial charge is 0.487 e. The van der Waals surface area contributed by atoms with Crippen molar-refractivity contribution in [1.82, 2.24) is 9.80 Å². The first kappa shape index (κ1) is 30.0. The maximum atomic E-state index is 13.4. The van der Waals surface area contributed by atoms with Gasteiger partial charge in [0.25, 0.3) is 5.91 Å². The van der Waals surface area contributed by atoms with Crippen molar-refractivity contribution in [2.75, 3.05) is 43.0 Å². The molecule has 3 N–H and O–H groups in total. The van der Waals surface area contributed by atoms with E-state index in [2.05, 4.69) is 10.0 Å². The molecule has 39 heavy (non-hydrogen) atoms. The van der Waals surface area contributed by atoms with Crippen LogP contribution in [0.2, 0.25) is 0 Å². The number of nitrogens with zero attached hydrogens (tertiary/aromatic N) is 2. The molecule has 0 aliphatic carbocycles. The standard InChI is InChI=1S/C25H31F3N4O6S/c1-15-12-32(16(2)14-33)23(34)20-11-19(30-39(4,36)37)9-10-21(20)38-22(15)13-31(3)24(35)29-18-7-5-17(6-8-18)25(26,27)28/h5-11,15-16,22,30,33H,12-14H2,1-4H3,(H,29,35)/t15-,16-,22-/m0/s1. The lowest BCUT2D eigenvalue weighted by atomic mass is 9.99. The van der Waals surface area contributed by atoms with Crippen LogP contribution in [0.3, 0.4) is 0 Å². The highest BCUT2D eigenvalue weighted by Crippen LogP contribution is 2.32. The highest BCUT2D eigenvalue weighted by Gasteiger charge is 2.34. The predicted molar refractivity (Wildman–Crippen MR) is 139 cm³/mol. The molecule has 0 aromatic heterocycles. The fraction of sp³-hybridized carbons (Fsp3) is 0.440. The molecule has 0 spiro atoms. The van der Waals surface area contributed by atoms with Crippen molar-refractivity contribution in [2.45, 2.75) is 32.2 Å². The van der Waals surface area contributed by atoms with Crippen molar-refractivity contribution in [3.63, 3.8) is 0 Å². The molecule has 1 aliphatic heterocycles. The van der Waals surface area contributed by atoms with E-state index in [9.17, 15) is 36.3 Å². The van der Waals surface area contributed by atoms with Crippen LogP contribution in [0.4, 0.5) is 29.3 Å². The number of hydrogen-bond acceptors (Lipinski definition) is 6. The topological polar surface area (TPSA) is 128 Å². The van der Waals surface area contributed by atoms with Crippen LogP contribution in [0.1, 0.15) is 29.8 Å². The molecular weight excluding hydrogens is 541 g/mol. The molecule has 2 aromatic carbocycles. The van der Waals surface area contributed by atoms with Crippen LogP contribution in [0, 0.1) is 5.92 Å². The molecule has 1 aliphatic rings. The first-order chi connectivity index (χ1) is 18.1. The van der Waals surface area contributed by atoms with Crippen molar-refractivity contribution < 1.29 is 41.0 Å². The van der Waals surface area contributed by atoms with Crippen LogP contribution in [0.5, 0.6) is 5.75 Å². The first-order valence-electron chi connectivity index (χ1n) is 12.0. The molecule has 3 amide bonds. The fourth-order valence-corrected chi connectivity index (χ4v) is 4.59. The number of likely N-dealkylation sites (N-methyl/N-ethyl adjacent to an activating group) is 1. The average molecular weight is 573 g/mol. The zero-order chi connectivity index (χ0) is 29.1. The van der Waals surface area contributed by atoms with Gasteiger partial charge in [0, 0.05) is 30.9 Å². The van der Waals surface area contributed by atoms with E-state index in [4.69, 9.17) is 4.74 Å². The molecule has 10 nitrogen and oxygen atoms in total. The normalized spacial score (nSPS) is 18.8. The van der Waals surface area contributed by atoms with Gasteiger partial charge in [-0.1, -0.05) is 6.92 Å². The van der Waals surface area contributed by atoms with Crippen LogP contribution in [-0.2, 0) is 16.2 Å². The van der Waals surface area contributed by atoms with E-state index in [0.717, 1.165) is 30.5 Å². The van der Waals surface area contributed by atoms with Gasteiger partial charge >= 0.3 is 12.2 Å². The minimum atomic E-state index is -4.49. The molecule has 0 radical (unpaired) electrons. The molecule has 1 heterocycles. The Kier molecular flexibility index (Phi) is 9.01. The van der Waals surface area contributed by atoms with Crippen LogP contribution in [-0.4, -0.2) is 80.4 Å². The van der Waals surface area contributed by atoms with Gasteiger partial charge in [0.15, 0.2) is 0 Å². The quantitative estimate of drug-likeness (QED) is 0.466. The summed E-state index contributed by atoms with van der Waals surface area (Å²) in [6, 6.07) is 7.15. The highest BCUT2D eigenvalue weighted by atomic mass is 32.2. The summed E-state index contributed by atoms with van der Waals surface area (Å²) in [5.74, 6) is -0.601. The Morgan fingerprint density at radius 3 is 2.38 bits per heavy atom. The number of nitrogens with one attached hydrogen (secondary N) is 2. The lowest BCUT2D eigenvalue weighted by molar-refractivity contribution is -0.137. The third-order valence-electron chi connectivity index (χ3n) is 6.23. The van der Waals surface area contributed by atoms with Crippen molar-refractivity contribution in [2.24, 2.45) is 5.92 Å². The van der Waals surface area contributed by atoms with E-state index < -0.39 is 45.8 Å². The molecule has 3 atom stereocenters. The molecular formula is C25H31F3N4O6S. The second-order valence-corrected chi connectivity index (χ2v) is 11.3. The average Bonchev–Trinajstić information content (AvgIpc) is 2.84. The van der Waals surface area contributed by atoms with Gasteiger partial charge < -0.3 is 25.0 Å². The Hall–Kier alpha value is -3.52. The van der Waals surface area contributed by atoms with Gasteiger partial charge in [-0.25, -0.2) is 13.2 Å². The Bertz CT molecular complexity index is 1300. The number of benzene rings is 2. The molecule has 14 heteroatoms. The smallest absolute Gasteiger partial charge is 0.416 e. The number of halogens is 3. The van der Waals surface area contributed by atoms with E-state index in [1.165, 1.54) is 35.0 Å². The zero-order valence-electron chi connectivity index (χ0n) is 21.8. The van der Waals surface area contributed by atoms with Gasteiger partial charge in [0.1, 0.15) is 11.9 Å². The number of carbonyl (C=O) groups is 2. The number of hydrogen-bond donors (Lipinski definition) is 3. The summed E-state index contributed by atoms with van der Waals surface area (Å²) in [7, 11) is -2.12. The van der Waals surface area contributed by atoms with E-state index in [-0.39, 0.29) is 48.3 Å². The minimum absolute atomic E-state index is 0.0476. The number of alkyl halides is 3. The number of anilines is 2. The van der Waals surface area contributed by atoms with Crippen LogP contribution >= 0.6 is 0 Å². The monoisotopic (exact) mass is 572 g/mol. The Morgan fingerprint density at radius 2 is 1.82 bits per heavy atom. The summed E-state index contributed by atoms with van der Waals surface area (Å²) >= 11 is 0. The Labute approximate surface area is 224 Å². The van der Waals surface area contributed by atoms with Crippen molar-refractivity contribution >= 4 is 33.3 Å². The van der Waals surface area contributed by atoms with E-state index in [1.807, 2.05) is 6.92 Å². The van der Waals surface area contributed by atoms with Gasteiger partial charge in [0.2, 0.25) is 10.0 Å². The van der Waals surface area contributed by atoms with Crippen molar-refractivity contribution in [3.8, 4) is 5.75 Å². The maximum absolute atomic E-state index is 13.4. The minimum Gasteiger partial charge on any atom is -0.487 e. The number of rotatable bonds is 7. The van der Waals surface area contributed by atoms with Crippen molar-refractivity contribution in [1.29, 1.82) is 0 Å². The Morgan fingerprint density at radius 1 is 1.21 bits per heavy atom. The van der Waals surface area contributed by atoms with Crippen LogP contribution in [0.25, 0.3) is 0 Å². The molecule has 0 unspecified atom stereocenters. The summed E-state index contributed by atoms with van der Waals surface area (Å²) in [6.07, 6.45) is -4.15. The number of sulfonamides is 1. The van der Waals surface area contributed by atoms with Crippen molar-refractivity contribution in [3.05, 3.63) is 53.6 Å². The number of urea groups is 1. The van der Waals surface area contributed by atoms with Gasteiger partial charge in [-0.05, 0) is 49.4 Å². The number of carbonyl (C=O) groups excluding carboxylic acids is 2. The number of amides is 3. The lowest BCUT2D eigenvalue weighted by Crippen LogP contribution is -2.50.